The lowest BCUT2D eigenvalue weighted by Crippen LogP contribution is -2.41. The fraction of sp³-hybridized carbons (Fsp3) is 0.360. The number of rotatable bonds is 7. The number of hydrogen-bond donors (Lipinski definition) is 4. The van der Waals surface area contributed by atoms with Gasteiger partial charge in [0.1, 0.15) is 18.5 Å². The zero-order chi connectivity index (χ0) is 24.4. The number of hydrogen-bond acceptors (Lipinski definition) is 7. The summed E-state index contributed by atoms with van der Waals surface area (Å²) in [5.74, 6) is 0.936. The van der Waals surface area contributed by atoms with E-state index in [2.05, 4.69) is 25.9 Å². The van der Waals surface area contributed by atoms with Gasteiger partial charge in [0.25, 0.3) is 5.91 Å². The van der Waals surface area contributed by atoms with Crippen molar-refractivity contribution in [3.63, 3.8) is 0 Å². The van der Waals surface area contributed by atoms with Crippen LogP contribution in [0.5, 0.6) is 11.5 Å². The molecule has 2 atom stereocenters. The predicted octanol–water partition coefficient (Wildman–Crippen LogP) is 3.52. The highest BCUT2D eigenvalue weighted by atomic mass is 35.5. The summed E-state index contributed by atoms with van der Waals surface area (Å²) in [4.78, 5) is 20.8. The molecule has 4 heterocycles. The van der Waals surface area contributed by atoms with Crippen LogP contribution < -0.4 is 25.4 Å². The van der Waals surface area contributed by atoms with E-state index >= 15 is 0 Å². The first-order valence-corrected chi connectivity index (χ1v) is 12.0. The van der Waals surface area contributed by atoms with Crippen LogP contribution in [0.3, 0.4) is 0 Å². The number of carbonyl (C=O) groups excluding carboxylic acids is 1. The highest BCUT2D eigenvalue weighted by Crippen LogP contribution is 2.43. The molecule has 2 aliphatic heterocycles. The maximum Gasteiger partial charge on any atom is 0.255 e. The van der Waals surface area contributed by atoms with Crippen LogP contribution in [0.2, 0.25) is 5.02 Å². The standard InChI is InChI=1S/C25H28ClN5O4/c1-14-10-19-21(25(32)29-14)23(30-18-5-3-4-17(26)24(18)33-2)22(31-19)16-6-7-27-12-20(16)35-13-15-11-28-8-9-34-15/h3-7,12,14-15,28,30-31H,8-11,13H2,1-2H3,(H,29,32)/t14-,15+/m1/s1. The fourth-order valence-corrected chi connectivity index (χ4v) is 4.75. The van der Waals surface area contributed by atoms with E-state index in [9.17, 15) is 4.79 Å². The molecule has 1 saturated heterocycles. The topological polar surface area (TPSA) is 110 Å². The third kappa shape index (κ3) is 4.80. The molecule has 3 aromatic rings. The SMILES string of the molecule is COc1c(Cl)cccc1Nc1c(-c2ccncc2OC[C@@H]2CNCCO2)[nH]c2c1C(=O)N[C@H](C)C2. The number of nitrogens with one attached hydrogen (secondary N) is 4. The summed E-state index contributed by atoms with van der Waals surface area (Å²) in [6, 6.07) is 7.32. The predicted molar refractivity (Wildman–Crippen MR) is 134 cm³/mol. The number of halogens is 1. The molecule has 0 radical (unpaired) electrons. The van der Waals surface area contributed by atoms with E-state index < -0.39 is 0 Å². The van der Waals surface area contributed by atoms with Gasteiger partial charge in [-0.2, -0.15) is 0 Å². The first-order chi connectivity index (χ1) is 17.0. The first-order valence-electron chi connectivity index (χ1n) is 11.6. The number of nitrogens with zero attached hydrogens (tertiary/aromatic N) is 1. The number of aromatic nitrogens is 2. The number of fused-ring (bicyclic) bond motifs is 1. The van der Waals surface area contributed by atoms with Crippen LogP contribution in [-0.2, 0) is 11.2 Å². The van der Waals surface area contributed by atoms with Crippen LogP contribution in [0.4, 0.5) is 11.4 Å². The molecule has 0 bridgehead atoms. The van der Waals surface area contributed by atoms with Crippen molar-refractivity contribution in [2.24, 2.45) is 0 Å². The number of morpholine rings is 1. The summed E-state index contributed by atoms with van der Waals surface area (Å²) in [7, 11) is 1.56. The Hall–Kier alpha value is -3.27. The third-order valence-electron chi connectivity index (χ3n) is 6.11. The van der Waals surface area contributed by atoms with Crippen LogP contribution in [0.25, 0.3) is 11.3 Å². The van der Waals surface area contributed by atoms with Gasteiger partial charge in [0.15, 0.2) is 5.75 Å². The lowest BCUT2D eigenvalue weighted by atomic mass is 10.0. The Morgan fingerprint density at radius 2 is 2.20 bits per heavy atom. The minimum absolute atomic E-state index is 0.0131. The highest BCUT2D eigenvalue weighted by Gasteiger charge is 2.31. The third-order valence-corrected chi connectivity index (χ3v) is 6.40. The molecule has 2 aromatic heterocycles. The number of anilines is 2. The Bertz CT molecular complexity index is 1220. The number of H-pyrrole nitrogens is 1. The second-order valence-corrected chi connectivity index (χ2v) is 9.04. The van der Waals surface area contributed by atoms with E-state index in [1.165, 1.54) is 0 Å². The largest absolute Gasteiger partial charge is 0.493 e. The average molecular weight is 498 g/mol. The van der Waals surface area contributed by atoms with Gasteiger partial charge in [-0.1, -0.05) is 17.7 Å². The molecule has 1 amide bonds. The molecule has 5 rings (SSSR count). The average Bonchev–Trinajstić information content (AvgIpc) is 3.21. The number of methoxy groups -OCH3 is 1. The molecule has 0 unspecified atom stereocenters. The zero-order valence-corrected chi connectivity index (χ0v) is 20.4. The minimum atomic E-state index is -0.150. The molecule has 1 fully saturated rings. The van der Waals surface area contributed by atoms with Crippen molar-refractivity contribution in [2.75, 3.05) is 38.7 Å². The molecule has 0 spiro atoms. The monoisotopic (exact) mass is 497 g/mol. The molecular weight excluding hydrogens is 470 g/mol. The summed E-state index contributed by atoms with van der Waals surface area (Å²) in [5.41, 5.74) is 4.18. The van der Waals surface area contributed by atoms with Crippen molar-refractivity contribution in [1.82, 2.24) is 20.6 Å². The van der Waals surface area contributed by atoms with Gasteiger partial charge < -0.3 is 35.1 Å². The Morgan fingerprint density at radius 3 is 3.00 bits per heavy atom. The molecule has 35 heavy (non-hydrogen) atoms. The lowest BCUT2D eigenvalue weighted by Gasteiger charge is -2.24. The zero-order valence-electron chi connectivity index (χ0n) is 19.6. The number of benzene rings is 1. The summed E-state index contributed by atoms with van der Waals surface area (Å²) >= 11 is 6.36. The van der Waals surface area contributed by atoms with Gasteiger partial charge in [-0.05, 0) is 25.1 Å². The fourth-order valence-electron chi connectivity index (χ4n) is 4.50. The number of aromatic amines is 1. The maximum absolute atomic E-state index is 13.1. The molecular formula is C25H28ClN5O4. The van der Waals surface area contributed by atoms with E-state index in [0.29, 0.717) is 53.1 Å². The van der Waals surface area contributed by atoms with Crippen molar-refractivity contribution in [2.45, 2.75) is 25.5 Å². The number of para-hydroxylation sites is 1. The molecule has 0 saturated carbocycles. The summed E-state index contributed by atoms with van der Waals surface area (Å²) in [6.07, 6.45) is 4.00. The lowest BCUT2D eigenvalue weighted by molar-refractivity contribution is 0.000245. The molecule has 2 aliphatic rings. The van der Waals surface area contributed by atoms with E-state index in [1.54, 1.807) is 25.6 Å². The van der Waals surface area contributed by atoms with Crippen LogP contribution in [-0.4, -0.2) is 61.4 Å². The summed E-state index contributed by atoms with van der Waals surface area (Å²) < 4.78 is 17.5. The van der Waals surface area contributed by atoms with E-state index in [1.807, 2.05) is 25.1 Å². The molecule has 4 N–H and O–H groups in total. The van der Waals surface area contributed by atoms with Gasteiger partial charge in [0.2, 0.25) is 0 Å². The van der Waals surface area contributed by atoms with E-state index in [0.717, 1.165) is 30.0 Å². The molecule has 1 aromatic carbocycles. The van der Waals surface area contributed by atoms with Gasteiger partial charge in [-0.25, -0.2) is 0 Å². The quantitative estimate of drug-likeness (QED) is 0.395. The van der Waals surface area contributed by atoms with Gasteiger partial charge in [0, 0.05) is 43.0 Å². The van der Waals surface area contributed by atoms with Crippen molar-refractivity contribution >= 4 is 28.9 Å². The second kappa shape index (κ2) is 10.2. The summed E-state index contributed by atoms with van der Waals surface area (Å²) in [5, 5.41) is 10.2. The number of pyridine rings is 1. The molecule has 184 valence electrons. The van der Waals surface area contributed by atoms with Crippen LogP contribution in [0.15, 0.2) is 36.7 Å². The molecule has 10 heteroatoms. The molecule has 0 aliphatic carbocycles. The number of amides is 1. The Balaban J connectivity index is 1.57. The first kappa shape index (κ1) is 23.5. The van der Waals surface area contributed by atoms with Gasteiger partial charge >= 0.3 is 0 Å². The Morgan fingerprint density at radius 1 is 1.31 bits per heavy atom. The van der Waals surface area contributed by atoms with Crippen molar-refractivity contribution in [3.8, 4) is 22.8 Å². The van der Waals surface area contributed by atoms with Crippen LogP contribution in [0, 0.1) is 0 Å². The number of carbonyl (C=O) groups is 1. The van der Waals surface area contributed by atoms with Gasteiger partial charge in [-0.3, -0.25) is 9.78 Å². The van der Waals surface area contributed by atoms with Gasteiger partial charge in [-0.15, -0.1) is 0 Å². The number of ether oxygens (including phenoxy) is 3. The normalized spacial score (nSPS) is 19.6. The highest BCUT2D eigenvalue weighted by molar-refractivity contribution is 6.32. The maximum atomic E-state index is 13.1. The van der Waals surface area contributed by atoms with Crippen LogP contribution >= 0.6 is 11.6 Å². The second-order valence-electron chi connectivity index (χ2n) is 8.63. The van der Waals surface area contributed by atoms with Crippen molar-refractivity contribution in [1.29, 1.82) is 0 Å². The van der Waals surface area contributed by atoms with Crippen molar-refractivity contribution < 1.29 is 19.0 Å². The van der Waals surface area contributed by atoms with E-state index in [4.69, 9.17) is 25.8 Å². The van der Waals surface area contributed by atoms with Gasteiger partial charge in [0.05, 0.1) is 47.6 Å². The Labute approximate surface area is 208 Å². The van der Waals surface area contributed by atoms with Crippen molar-refractivity contribution in [3.05, 3.63) is 52.9 Å². The molecule has 9 nitrogen and oxygen atoms in total. The smallest absolute Gasteiger partial charge is 0.255 e. The Kier molecular flexibility index (Phi) is 6.81. The van der Waals surface area contributed by atoms with Crippen LogP contribution in [0.1, 0.15) is 23.0 Å². The summed E-state index contributed by atoms with van der Waals surface area (Å²) in [6.45, 7) is 4.58. The van der Waals surface area contributed by atoms with E-state index in [-0.39, 0.29) is 18.1 Å². The minimum Gasteiger partial charge on any atom is -0.493 e.